The summed E-state index contributed by atoms with van der Waals surface area (Å²) >= 11 is 0. The van der Waals surface area contributed by atoms with Gasteiger partial charge in [0.05, 0.1) is 18.8 Å². The predicted molar refractivity (Wildman–Crippen MR) is 96.3 cm³/mol. The third kappa shape index (κ3) is 3.20. The van der Waals surface area contributed by atoms with E-state index in [1.807, 2.05) is 33.8 Å². The molecule has 26 heavy (non-hydrogen) atoms. The number of pyridine rings is 1. The van der Waals surface area contributed by atoms with Crippen molar-refractivity contribution >= 4 is 6.09 Å². The molecule has 4 rings (SSSR count). The van der Waals surface area contributed by atoms with Gasteiger partial charge in [-0.05, 0) is 46.6 Å². The predicted octanol–water partition coefficient (Wildman–Crippen LogP) is 1.83. The average molecular weight is 364 g/mol. The minimum Gasteiger partial charge on any atom is -0.493 e. The summed E-state index contributed by atoms with van der Waals surface area (Å²) in [5, 5.41) is 9.85. The average Bonchev–Trinajstić information content (AvgIpc) is 3.00. The van der Waals surface area contributed by atoms with Gasteiger partial charge in [0.25, 0.3) is 5.56 Å². The van der Waals surface area contributed by atoms with Crippen molar-refractivity contribution in [3.8, 4) is 5.75 Å². The number of aliphatic hydroxyl groups excluding tert-OH is 1. The van der Waals surface area contributed by atoms with E-state index in [1.54, 1.807) is 16.5 Å². The van der Waals surface area contributed by atoms with Crippen LogP contribution in [0.5, 0.6) is 5.75 Å². The molecule has 1 amide bonds. The van der Waals surface area contributed by atoms with Gasteiger partial charge in [-0.25, -0.2) is 4.79 Å². The SMILES string of the molecule is Cc1cc(OCC23CN(C(=O)OC(C)(C)C)C(CO)(C2)C3)cc(=O)n1C. The zero-order valence-corrected chi connectivity index (χ0v) is 16.2. The Kier molecular flexibility index (Phi) is 4.34. The van der Waals surface area contributed by atoms with Crippen LogP contribution in [0.25, 0.3) is 0 Å². The van der Waals surface area contributed by atoms with Gasteiger partial charge in [-0.1, -0.05) is 0 Å². The van der Waals surface area contributed by atoms with E-state index in [4.69, 9.17) is 9.47 Å². The third-order valence-corrected chi connectivity index (χ3v) is 5.40. The molecule has 1 saturated carbocycles. The first-order valence-electron chi connectivity index (χ1n) is 8.91. The number of hydrogen-bond acceptors (Lipinski definition) is 5. The molecule has 1 N–H and O–H groups in total. The van der Waals surface area contributed by atoms with E-state index in [1.165, 1.54) is 6.07 Å². The summed E-state index contributed by atoms with van der Waals surface area (Å²) in [6, 6.07) is 3.30. The highest BCUT2D eigenvalue weighted by molar-refractivity contribution is 5.71. The number of ether oxygens (including phenoxy) is 2. The van der Waals surface area contributed by atoms with Crippen LogP contribution in [0, 0.1) is 12.3 Å². The molecule has 0 aromatic carbocycles. The van der Waals surface area contributed by atoms with Crippen molar-refractivity contribution in [2.75, 3.05) is 19.8 Å². The number of carbonyl (C=O) groups is 1. The number of nitrogens with zero attached hydrogens (tertiary/aromatic N) is 2. The van der Waals surface area contributed by atoms with Gasteiger partial charge in [0.1, 0.15) is 11.4 Å². The zero-order chi connectivity index (χ0) is 19.3. The fourth-order valence-corrected chi connectivity index (χ4v) is 4.13. The highest BCUT2D eigenvalue weighted by Crippen LogP contribution is 2.59. The lowest BCUT2D eigenvalue weighted by Gasteiger charge is -2.46. The van der Waals surface area contributed by atoms with E-state index in [0.29, 0.717) is 31.7 Å². The Balaban J connectivity index is 1.70. The van der Waals surface area contributed by atoms with E-state index in [-0.39, 0.29) is 17.6 Å². The summed E-state index contributed by atoms with van der Waals surface area (Å²) in [4.78, 5) is 26.1. The van der Waals surface area contributed by atoms with Crippen molar-refractivity contribution in [1.82, 2.24) is 9.47 Å². The normalized spacial score (nSPS) is 27.2. The molecule has 0 radical (unpaired) electrons. The Morgan fingerprint density at radius 1 is 1.31 bits per heavy atom. The highest BCUT2D eigenvalue weighted by atomic mass is 16.6. The van der Waals surface area contributed by atoms with Crippen LogP contribution >= 0.6 is 0 Å². The topological polar surface area (TPSA) is 81.0 Å². The first kappa shape index (κ1) is 18.8. The number of aromatic nitrogens is 1. The molecule has 1 aromatic rings. The Hall–Kier alpha value is -2.02. The van der Waals surface area contributed by atoms with Crippen molar-refractivity contribution in [2.45, 2.75) is 51.7 Å². The lowest BCUT2D eigenvalue weighted by Crippen LogP contribution is -2.55. The minimum atomic E-state index is -0.577. The molecular formula is C19H28N2O5. The molecule has 2 aliphatic heterocycles. The van der Waals surface area contributed by atoms with E-state index >= 15 is 0 Å². The molecule has 7 heteroatoms. The van der Waals surface area contributed by atoms with Crippen LogP contribution in [-0.4, -0.2) is 51.6 Å². The Labute approximate surface area is 153 Å². The van der Waals surface area contributed by atoms with Crippen molar-refractivity contribution < 1.29 is 19.4 Å². The van der Waals surface area contributed by atoms with Gasteiger partial charge in [0.15, 0.2) is 0 Å². The monoisotopic (exact) mass is 364 g/mol. The van der Waals surface area contributed by atoms with Gasteiger partial charge in [0, 0.05) is 30.8 Å². The molecule has 1 aliphatic carbocycles. The molecule has 3 heterocycles. The Bertz CT molecular complexity index is 771. The lowest BCUT2D eigenvalue weighted by atomic mass is 9.62. The third-order valence-electron chi connectivity index (χ3n) is 5.40. The highest BCUT2D eigenvalue weighted by Gasteiger charge is 2.67. The van der Waals surface area contributed by atoms with Crippen molar-refractivity contribution in [2.24, 2.45) is 12.5 Å². The maximum atomic E-state index is 12.5. The van der Waals surface area contributed by atoms with Gasteiger partial charge in [0.2, 0.25) is 0 Å². The van der Waals surface area contributed by atoms with E-state index in [9.17, 15) is 14.7 Å². The van der Waals surface area contributed by atoms with Gasteiger partial charge < -0.3 is 19.1 Å². The number of hydrogen-bond donors (Lipinski definition) is 1. The van der Waals surface area contributed by atoms with Gasteiger partial charge in [-0.2, -0.15) is 0 Å². The van der Waals surface area contributed by atoms with Crippen molar-refractivity contribution in [1.29, 1.82) is 0 Å². The first-order chi connectivity index (χ1) is 12.0. The first-order valence-corrected chi connectivity index (χ1v) is 8.91. The number of rotatable bonds is 4. The molecule has 7 nitrogen and oxygen atoms in total. The van der Waals surface area contributed by atoms with Crippen LogP contribution in [0.3, 0.4) is 0 Å². The second-order valence-corrected chi connectivity index (χ2v) is 8.82. The van der Waals surface area contributed by atoms with Crippen LogP contribution in [0.1, 0.15) is 39.3 Å². The van der Waals surface area contributed by atoms with Crippen LogP contribution in [0.15, 0.2) is 16.9 Å². The summed E-state index contributed by atoms with van der Waals surface area (Å²) in [6.45, 7) is 8.15. The molecule has 3 aliphatic rings. The fraction of sp³-hybridized carbons (Fsp3) is 0.684. The van der Waals surface area contributed by atoms with Crippen molar-refractivity contribution in [3.05, 3.63) is 28.2 Å². The minimum absolute atomic E-state index is 0.0843. The summed E-state index contributed by atoms with van der Waals surface area (Å²) in [5.41, 5.74) is -0.614. The second-order valence-electron chi connectivity index (χ2n) is 8.82. The molecule has 0 atom stereocenters. The van der Waals surface area contributed by atoms with Gasteiger partial charge in [-0.15, -0.1) is 0 Å². The number of amides is 1. The molecule has 0 unspecified atom stereocenters. The fourth-order valence-electron chi connectivity index (χ4n) is 4.13. The van der Waals surface area contributed by atoms with E-state index in [2.05, 4.69) is 0 Å². The number of fused-ring (bicyclic) bond motifs is 1. The standard InChI is InChI=1S/C19H28N2O5/c1-13-6-14(7-15(23)20(13)5)25-12-18-8-19(9-18,11-22)21(10-18)16(24)26-17(2,3)4/h6-7,22H,8-12H2,1-5H3. The van der Waals surface area contributed by atoms with E-state index < -0.39 is 17.2 Å². The molecule has 3 fully saturated rings. The maximum Gasteiger partial charge on any atom is 0.410 e. The molecular weight excluding hydrogens is 336 g/mol. The summed E-state index contributed by atoms with van der Waals surface area (Å²) < 4.78 is 12.9. The maximum absolute atomic E-state index is 12.5. The summed E-state index contributed by atoms with van der Waals surface area (Å²) in [5.74, 6) is 0.539. The molecule has 2 saturated heterocycles. The zero-order valence-electron chi connectivity index (χ0n) is 16.2. The van der Waals surface area contributed by atoms with Gasteiger partial charge >= 0.3 is 6.09 Å². The van der Waals surface area contributed by atoms with Crippen LogP contribution in [0.4, 0.5) is 4.79 Å². The van der Waals surface area contributed by atoms with Crippen LogP contribution in [0.2, 0.25) is 0 Å². The Morgan fingerprint density at radius 2 is 1.96 bits per heavy atom. The molecule has 2 bridgehead atoms. The largest absolute Gasteiger partial charge is 0.493 e. The molecule has 0 spiro atoms. The Morgan fingerprint density at radius 3 is 2.50 bits per heavy atom. The lowest BCUT2D eigenvalue weighted by molar-refractivity contribution is -0.0274. The van der Waals surface area contributed by atoms with Crippen LogP contribution < -0.4 is 10.3 Å². The summed E-state index contributed by atoms with van der Waals surface area (Å²) in [6.07, 6.45) is 0.967. The van der Waals surface area contributed by atoms with Crippen molar-refractivity contribution in [3.63, 3.8) is 0 Å². The quantitative estimate of drug-likeness (QED) is 0.882. The number of aliphatic hydroxyl groups is 1. The molecule has 1 aromatic heterocycles. The number of carbonyl (C=O) groups excluding carboxylic acids is 1. The van der Waals surface area contributed by atoms with Gasteiger partial charge in [-0.3, -0.25) is 9.69 Å². The number of aryl methyl sites for hydroxylation is 1. The smallest absolute Gasteiger partial charge is 0.410 e. The second kappa shape index (κ2) is 6.01. The summed E-state index contributed by atoms with van der Waals surface area (Å²) in [7, 11) is 1.72. The van der Waals surface area contributed by atoms with Crippen LogP contribution in [-0.2, 0) is 11.8 Å². The molecule has 144 valence electrons. The van der Waals surface area contributed by atoms with E-state index in [0.717, 1.165) is 5.69 Å².